The molecule has 0 aromatic carbocycles. The van der Waals surface area contributed by atoms with Gasteiger partial charge in [-0.1, -0.05) is 25.5 Å². The monoisotopic (exact) mass is 152 g/mol. The van der Waals surface area contributed by atoms with E-state index in [-0.39, 0.29) is 0 Å². The lowest BCUT2D eigenvalue weighted by Gasteiger charge is -2.20. The number of hydrogen-bond acceptors (Lipinski definition) is 0. The third-order valence-corrected chi connectivity index (χ3v) is 2.44. The highest BCUT2D eigenvalue weighted by Gasteiger charge is 2.12. The summed E-state index contributed by atoms with van der Waals surface area (Å²) in [7, 11) is 0. The predicted molar refractivity (Wildman–Crippen MR) is 50.6 cm³/mol. The number of hydrogen-bond donors (Lipinski definition) is 0. The lowest BCUT2D eigenvalue weighted by atomic mass is 9.86. The molecule has 0 bridgehead atoms. The smallest absolute Gasteiger partial charge is 0.0228 e. The number of allylic oxidation sites excluding steroid dienone is 2. The van der Waals surface area contributed by atoms with E-state index in [2.05, 4.69) is 26.8 Å². The zero-order valence-corrected chi connectivity index (χ0v) is 8.06. The third-order valence-electron chi connectivity index (χ3n) is 2.44. The Bertz CT molecular complexity index is 142. The van der Waals surface area contributed by atoms with Crippen molar-refractivity contribution in [2.45, 2.75) is 46.5 Å². The van der Waals surface area contributed by atoms with Crippen molar-refractivity contribution in [3.63, 3.8) is 0 Å². The van der Waals surface area contributed by atoms with Gasteiger partial charge in [0.2, 0.25) is 0 Å². The summed E-state index contributed by atoms with van der Waals surface area (Å²) in [5, 5.41) is 0. The van der Waals surface area contributed by atoms with Crippen LogP contribution in [0.4, 0.5) is 0 Å². The summed E-state index contributed by atoms with van der Waals surface area (Å²) in [5.41, 5.74) is 1.61. The number of rotatable bonds is 2. The first-order valence-electron chi connectivity index (χ1n) is 4.86. The normalized spacial score (nSPS) is 25.5. The standard InChI is InChI=1S/C11H20/c1-9(2)7-11-6-4-5-10(3)8-11/h8-9,11H,4-7H2,1-3H3. The third kappa shape index (κ3) is 3.09. The molecule has 1 aliphatic rings. The van der Waals surface area contributed by atoms with Crippen LogP contribution >= 0.6 is 0 Å². The van der Waals surface area contributed by atoms with Crippen LogP contribution in [0.5, 0.6) is 0 Å². The van der Waals surface area contributed by atoms with Crippen molar-refractivity contribution in [2.75, 3.05) is 0 Å². The molecule has 0 heteroatoms. The van der Waals surface area contributed by atoms with Gasteiger partial charge in [0, 0.05) is 0 Å². The molecule has 0 aromatic heterocycles. The Morgan fingerprint density at radius 2 is 2.27 bits per heavy atom. The van der Waals surface area contributed by atoms with Crippen molar-refractivity contribution >= 4 is 0 Å². The fraction of sp³-hybridized carbons (Fsp3) is 0.818. The van der Waals surface area contributed by atoms with E-state index < -0.39 is 0 Å². The minimum Gasteiger partial charge on any atom is -0.0825 e. The fourth-order valence-corrected chi connectivity index (χ4v) is 2.00. The van der Waals surface area contributed by atoms with Gasteiger partial charge in [0.25, 0.3) is 0 Å². The molecule has 0 heterocycles. The van der Waals surface area contributed by atoms with E-state index in [9.17, 15) is 0 Å². The molecule has 0 radical (unpaired) electrons. The highest BCUT2D eigenvalue weighted by atomic mass is 14.2. The lowest BCUT2D eigenvalue weighted by molar-refractivity contribution is 0.425. The maximum Gasteiger partial charge on any atom is -0.0228 e. The Balaban J connectivity index is 2.39. The second-order valence-corrected chi connectivity index (χ2v) is 4.29. The minimum atomic E-state index is 0.863. The topological polar surface area (TPSA) is 0 Å². The van der Waals surface area contributed by atoms with Gasteiger partial charge in [0.15, 0.2) is 0 Å². The van der Waals surface area contributed by atoms with Crippen LogP contribution in [-0.2, 0) is 0 Å². The van der Waals surface area contributed by atoms with E-state index in [0.29, 0.717) is 0 Å². The van der Waals surface area contributed by atoms with Crippen LogP contribution in [0.3, 0.4) is 0 Å². The first-order chi connectivity index (χ1) is 5.18. The van der Waals surface area contributed by atoms with Gasteiger partial charge < -0.3 is 0 Å². The Morgan fingerprint density at radius 3 is 2.82 bits per heavy atom. The van der Waals surface area contributed by atoms with Crippen LogP contribution in [-0.4, -0.2) is 0 Å². The molecule has 0 spiro atoms. The molecule has 1 atom stereocenters. The second kappa shape index (κ2) is 3.94. The van der Waals surface area contributed by atoms with Gasteiger partial charge in [-0.3, -0.25) is 0 Å². The van der Waals surface area contributed by atoms with E-state index in [1.165, 1.54) is 25.7 Å². The van der Waals surface area contributed by atoms with Crippen LogP contribution in [0.15, 0.2) is 11.6 Å². The lowest BCUT2D eigenvalue weighted by Crippen LogP contribution is -2.06. The molecule has 11 heavy (non-hydrogen) atoms. The summed E-state index contributed by atoms with van der Waals surface area (Å²) < 4.78 is 0. The molecule has 1 rings (SSSR count). The zero-order valence-electron chi connectivity index (χ0n) is 8.06. The highest BCUT2D eigenvalue weighted by Crippen LogP contribution is 2.27. The second-order valence-electron chi connectivity index (χ2n) is 4.29. The van der Waals surface area contributed by atoms with Crippen LogP contribution in [0.1, 0.15) is 46.5 Å². The summed E-state index contributed by atoms with van der Waals surface area (Å²) in [6, 6.07) is 0. The summed E-state index contributed by atoms with van der Waals surface area (Å²) in [6.07, 6.45) is 8.06. The molecule has 0 N–H and O–H groups in total. The largest absolute Gasteiger partial charge is 0.0825 e. The highest BCUT2D eigenvalue weighted by molar-refractivity contribution is 5.04. The van der Waals surface area contributed by atoms with E-state index in [1.54, 1.807) is 5.57 Å². The van der Waals surface area contributed by atoms with Crippen molar-refractivity contribution in [3.05, 3.63) is 11.6 Å². The molecule has 0 saturated carbocycles. The van der Waals surface area contributed by atoms with Gasteiger partial charge in [-0.2, -0.15) is 0 Å². The molecular formula is C11H20. The van der Waals surface area contributed by atoms with Gasteiger partial charge in [0.05, 0.1) is 0 Å². The average Bonchev–Trinajstić information content (AvgIpc) is 1.85. The van der Waals surface area contributed by atoms with Gasteiger partial charge in [-0.25, -0.2) is 0 Å². The van der Waals surface area contributed by atoms with Gasteiger partial charge in [-0.15, -0.1) is 0 Å². The molecule has 1 aliphatic carbocycles. The van der Waals surface area contributed by atoms with E-state index in [4.69, 9.17) is 0 Å². The molecule has 1 unspecified atom stereocenters. The predicted octanol–water partition coefficient (Wildman–Crippen LogP) is 3.78. The minimum absolute atomic E-state index is 0.863. The Hall–Kier alpha value is -0.260. The first-order valence-corrected chi connectivity index (χ1v) is 4.86. The molecule has 0 fully saturated rings. The summed E-state index contributed by atoms with van der Waals surface area (Å²) in [6.45, 7) is 6.90. The van der Waals surface area contributed by atoms with Crippen molar-refractivity contribution in [1.29, 1.82) is 0 Å². The van der Waals surface area contributed by atoms with Crippen molar-refractivity contribution in [3.8, 4) is 0 Å². The Morgan fingerprint density at radius 1 is 1.55 bits per heavy atom. The van der Waals surface area contributed by atoms with Crippen LogP contribution < -0.4 is 0 Å². The summed E-state index contributed by atoms with van der Waals surface area (Å²) in [4.78, 5) is 0. The van der Waals surface area contributed by atoms with E-state index in [1.807, 2.05) is 0 Å². The quantitative estimate of drug-likeness (QED) is 0.528. The van der Waals surface area contributed by atoms with Crippen LogP contribution in [0.2, 0.25) is 0 Å². The SMILES string of the molecule is CC1=CC(CC(C)C)CCC1. The first kappa shape index (κ1) is 8.83. The van der Waals surface area contributed by atoms with Crippen LogP contribution in [0, 0.1) is 11.8 Å². The molecule has 0 aliphatic heterocycles. The maximum atomic E-state index is 2.49. The Labute approximate surface area is 70.7 Å². The van der Waals surface area contributed by atoms with Gasteiger partial charge in [-0.05, 0) is 44.4 Å². The van der Waals surface area contributed by atoms with Gasteiger partial charge >= 0.3 is 0 Å². The van der Waals surface area contributed by atoms with Crippen LogP contribution in [0.25, 0.3) is 0 Å². The van der Waals surface area contributed by atoms with Crippen molar-refractivity contribution in [1.82, 2.24) is 0 Å². The van der Waals surface area contributed by atoms with Gasteiger partial charge in [0.1, 0.15) is 0 Å². The molecular weight excluding hydrogens is 132 g/mol. The molecule has 0 aromatic rings. The molecule has 64 valence electrons. The fourth-order valence-electron chi connectivity index (χ4n) is 2.00. The maximum absolute atomic E-state index is 2.49. The molecule has 0 nitrogen and oxygen atoms in total. The summed E-state index contributed by atoms with van der Waals surface area (Å²) in [5.74, 6) is 1.76. The van der Waals surface area contributed by atoms with E-state index in [0.717, 1.165) is 11.8 Å². The van der Waals surface area contributed by atoms with Crippen molar-refractivity contribution < 1.29 is 0 Å². The molecule has 0 amide bonds. The molecule has 0 saturated heterocycles. The van der Waals surface area contributed by atoms with Crippen molar-refractivity contribution in [2.24, 2.45) is 11.8 Å². The van der Waals surface area contributed by atoms with E-state index >= 15 is 0 Å². The average molecular weight is 152 g/mol. The summed E-state index contributed by atoms with van der Waals surface area (Å²) >= 11 is 0. The zero-order chi connectivity index (χ0) is 8.27. The Kier molecular flexibility index (Phi) is 3.16.